The van der Waals surface area contributed by atoms with Gasteiger partial charge in [0.2, 0.25) is 0 Å². The quantitative estimate of drug-likeness (QED) is 0.331. The number of phenolic OH excluding ortho intramolecular Hbond substituents is 1. The van der Waals surface area contributed by atoms with Crippen molar-refractivity contribution in [2.75, 3.05) is 0 Å². The number of rotatable bonds is 4. The molecule has 0 amide bonds. The zero-order valence-corrected chi connectivity index (χ0v) is 18.1. The number of carboxylic acids is 1. The molecule has 1 aromatic rings. The third-order valence-electron chi connectivity index (χ3n) is 3.56. The van der Waals surface area contributed by atoms with E-state index in [1.807, 2.05) is 20.8 Å². The fraction of sp³-hybridized carbons (Fsp3) is 0.500. The van der Waals surface area contributed by atoms with Crippen molar-refractivity contribution >= 4 is 17.9 Å². The first kappa shape index (κ1) is 27.2. The third-order valence-corrected chi connectivity index (χ3v) is 3.56. The molecule has 1 rings (SSSR count). The summed E-state index contributed by atoms with van der Waals surface area (Å²) >= 11 is 1.06. The molecule has 1 aromatic carbocycles. The molecule has 0 radical (unpaired) electrons. The number of aliphatic imine (C=N–C) groups is 1. The first-order chi connectivity index (χ1) is 11.7. The van der Waals surface area contributed by atoms with Gasteiger partial charge in [0.05, 0.1) is 4.92 Å². The number of carbonyl (C=O) groups is 1. The molecule has 0 aliphatic heterocycles. The molecular weight excluding hydrogens is 391 g/mol. The van der Waals surface area contributed by atoms with Crippen molar-refractivity contribution in [3.05, 3.63) is 40.8 Å². The van der Waals surface area contributed by atoms with E-state index in [9.17, 15) is 25.1 Å². The molecule has 0 bridgehead atoms. The van der Waals surface area contributed by atoms with Gasteiger partial charge in [-0.25, -0.2) is 4.79 Å². The molecular formula is C18H27N2O6V-. The van der Waals surface area contributed by atoms with Gasteiger partial charge >= 0.3 is 27.0 Å². The molecule has 9 heteroatoms. The van der Waals surface area contributed by atoms with Crippen LogP contribution in [0.25, 0.3) is 0 Å². The van der Waals surface area contributed by atoms with Crippen LogP contribution in [0.2, 0.25) is 0 Å². The Balaban J connectivity index is 0. The van der Waals surface area contributed by atoms with E-state index in [-0.39, 0.29) is 24.4 Å². The number of nitrogens with zero attached hydrogens (tertiary/aromatic N) is 2. The van der Waals surface area contributed by atoms with Crippen LogP contribution in [0.3, 0.4) is 0 Å². The van der Waals surface area contributed by atoms with E-state index in [2.05, 4.69) is 4.99 Å². The predicted molar refractivity (Wildman–Crippen MR) is 99.0 cm³/mol. The van der Waals surface area contributed by atoms with Crippen molar-refractivity contribution < 1.29 is 41.0 Å². The number of nitro benzene ring substituents is 1. The number of benzene rings is 1. The first-order valence-electron chi connectivity index (χ1n) is 7.71. The van der Waals surface area contributed by atoms with Crippen LogP contribution in [0.1, 0.15) is 52.7 Å². The minimum absolute atomic E-state index is 0. The monoisotopic (exact) mass is 418 g/mol. The standard InChI is InChI=1S/C17H24N2O5.CH3.O.V/c1-16(2,3)12-8-11(19(23)24)7-10(13(12)20)9-18-14(15(21)22)17(4,5)6;;;/h7-9,14,20H,1-6H3,(H,21,22);1H3;;/q;-1;;/t14-;;;/m1.../s1. The maximum absolute atomic E-state index is 11.4. The van der Waals surface area contributed by atoms with Crippen molar-refractivity contribution in [3.8, 4) is 5.75 Å². The van der Waals surface area contributed by atoms with Gasteiger partial charge in [-0.3, -0.25) is 15.1 Å². The summed E-state index contributed by atoms with van der Waals surface area (Å²) in [5.41, 5.74) is -0.798. The molecule has 2 N–H and O–H groups in total. The van der Waals surface area contributed by atoms with Crippen LogP contribution in [0.4, 0.5) is 5.69 Å². The van der Waals surface area contributed by atoms with Crippen LogP contribution in [-0.4, -0.2) is 33.4 Å². The van der Waals surface area contributed by atoms with Crippen molar-refractivity contribution in [2.45, 2.75) is 53.0 Å². The topological polar surface area (TPSA) is 130 Å². The van der Waals surface area contributed by atoms with Gasteiger partial charge in [-0.2, -0.15) is 0 Å². The molecule has 0 saturated carbocycles. The first-order valence-corrected chi connectivity index (χ1v) is 8.28. The number of hydrogen-bond acceptors (Lipinski definition) is 6. The summed E-state index contributed by atoms with van der Waals surface area (Å²) in [4.78, 5) is 26.0. The van der Waals surface area contributed by atoms with E-state index in [4.69, 9.17) is 3.67 Å². The maximum atomic E-state index is 11.4. The van der Waals surface area contributed by atoms with Gasteiger partial charge in [0.25, 0.3) is 5.69 Å². The average molecular weight is 418 g/mol. The van der Waals surface area contributed by atoms with Crippen LogP contribution in [-0.2, 0) is 31.3 Å². The molecule has 0 heterocycles. The number of aliphatic carboxylic acids is 1. The van der Waals surface area contributed by atoms with E-state index in [1.54, 1.807) is 20.8 Å². The number of phenols is 1. The molecule has 0 fully saturated rings. The van der Waals surface area contributed by atoms with E-state index in [0.29, 0.717) is 5.56 Å². The zero-order valence-electron chi connectivity index (χ0n) is 16.7. The molecule has 8 nitrogen and oxygen atoms in total. The normalized spacial score (nSPS) is 12.5. The van der Waals surface area contributed by atoms with Gasteiger partial charge < -0.3 is 17.6 Å². The van der Waals surface area contributed by atoms with Crippen molar-refractivity contribution in [1.29, 1.82) is 0 Å². The summed E-state index contributed by atoms with van der Waals surface area (Å²) in [7, 11) is 0. The fourth-order valence-electron chi connectivity index (χ4n) is 2.23. The Labute approximate surface area is 169 Å². The summed E-state index contributed by atoms with van der Waals surface area (Å²) < 4.78 is 8.19. The van der Waals surface area contributed by atoms with Crippen LogP contribution in [0.15, 0.2) is 17.1 Å². The Morgan fingerprint density at radius 2 is 1.70 bits per heavy atom. The Kier molecular flexibility index (Phi) is 10.4. The second kappa shape index (κ2) is 10.3. The Hall–Kier alpha value is -2.06. The molecule has 0 aliphatic carbocycles. The van der Waals surface area contributed by atoms with E-state index in [1.165, 1.54) is 18.3 Å². The van der Waals surface area contributed by atoms with Crippen LogP contribution in [0.5, 0.6) is 5.75 Å². The van der Waals surface area contributed by atoms with E-state index >= 15 is 0 Å². The van der Waals surface area contributed by atoms with Crippen molar-refractivity contribution in [1.82, 2.24) is 0 Å². The molecule has 0 saturated heterocycles. The average Bonchev–Trinajstić information content (AvgIpc) is 2.47. The Morgan fingerprint density at radius 3 is 2.04 bits per heavy atom. The molecule has 0 spiro atoms. The summed E-state index contributed by atoms with van der Waals surface area (Å²) in [6.45, 7) is 10.7. The summed E-state index contributed by atoms with van der Waals surface area (Å²) in [6.07, 6.45) is 1.20. The number of non-ortho nitro benzene ring substituents is 1. The number of aromatic hydroxyl groups is 1. The number of hydrogen-bond donors (Lipinski definition) is 2. The molecule has 151 valence electrons. The van der Waals surface area contributed by atoms with Gasteiger partial charge in [-0.1, -0.05) is 41.5 Å². The molecule has 0 unspecified atom stereocenters. The molecule has 27 heavy (non-hydrogen) atoms. The second-order valence-corrected chi connectivity index (χ2v) is 7.82. The summed E-state index contributed by atoms with van der Waals surface area (Å²) in [6, 6.07) is 1.48. The van der Waals surface area contributed by atoms with Crippen LogP contribution < -0.4 is 0 Å². The fourth-order valence-corrected chi connectivity index (χ4v) is 2.23. The minimum atomic E-state index is -1.10. The van der Waals surface area contributed by atoms with Gasteiger partial charge in [0, 0.05) is 29.5 Å². The Bertz CT molecular complexity index is 705. The predicted octanol–water partition coefficient (Wildman–Crippen LogP) is 3.85. The third kappa shape index (κ3) is 7.60. The van der Waals surface area contributed by atoms with Crippen LogP contribution >= 0.6 is 0 Å². The van der Waals surface area contributed by atoms with Gasteiger partial charge in [0.15, 0.2) is 6.04 Å². The zero-order chi connectivity index (χ0) is 20.9. The molecule has 1 atom stereocenters. The summed E-state index contributed by atoms with van der Waals surface area (Å²) in [5.74, 6) is -1.23. The van der Waals surface area contributed by atoms with Crippen molar-refractivity contribution in [2.24, 2.45) is 10.4 Å². The van der Waals surface area contributed by atoms with E-state index < -0.39 is 27.8 Å². The van der Waals surface area contributed by atoms with Gasteiger partial charge in [-0.15, -0.1) is 0 Å². The molecule has 0 aliphatic rings. The number of carboxylic acid groups (broad SMARTS) is 1. The van der Waals surface area contributed by atoms with E-state index in [0.717, 1.165) is 17.4 Å². The van der Waals surface area contributed by atoms with Gasteiger partial charge in [-0.05, 0) is 10.8 Å². The number of nitro groups is 1. The second-order valence-electron chi connectivity index (χ2n) is 7.82. The van der Waals surface area contributed by atoms with Crippen molar-refractivity contribution in [3.63, 3.8) is 0 Å². The SMILES string of the molecule is CC(C)(C)c1cc([N+](=O)[O-])cc(C=N[C@H](C(=O)O)C(C)(C)C)c1O.[CH3-].[O]=[V]. The Morgan fingerprint density at radius 1 is 1.22 bits per heavy atom. The summed E-state index contributed by atoms with van der Waals surface area (Å²) in [5, 5.41) is 30.9. The molecule has 0 aromatic heterocycles. The van der Waals surface area contributed by atoms with Crippen LogP contribution in [0, 0.1) is 23.0 Å². The van der Waals surface area contributed by atoms with Gasteiger partial charge in [0.1, 0.15) is 5.75 Å².